The van der Waals surface area contributed by atoms with E-state index in [1.807, 2.05) is 0 Å². The molecule has 0 aliphatic heterocycles. The molecule has 12 heteroatoms. The summed E-state index contributed by atoms with van der Waals surface area (Å²) >= 11 is 0. The van der Waals surface area contributed by atoms with Gasteiger partial charge in [0.05, 0.1) is 5.41 Å². The minimum atomic E-state index is -0.962. The van der Waals surface area contributed by atoms with Gasteiger partial charge in [0.25, 0.3) is 0 Å². The lowest BCUT2D eigenvalue weighted by molar-refractivity contribution is -0.154. The van der Waals surface area contributed by atoms with E-state index in [1.54, 1.807) is 58.9 Å². The molecular weight excluding hydrogens is 468 g/mol. The van der Waals surface area contributed by atoms with Gasteiger partial charge in [-0.05, 0) is 57.2 Å². The molecule has 200 valence electrons. The maximum atomic E-state index is 13.0. The third-order valence-electron chi connectivity index (χ3n) is 5.05. The first-order chi connectivity index (χ1) is 16.7. The Morgan fingerprint density at radius 3 is 2.03 bits per heavy atom. The number of rotatable bonds is 12. The Balaban J connectivity index is 2.87. The van der Waals surface area contributed by atoms with Crippen LogP contribution in [0.2, 0.25) is 0 Å². The lowest BCUT2D eigenvalue weighted by Gasteiger charge is -2.24. The van der Waals surface area contributed by atoms with Gasteiger partial charge in [-0.15, -0.1) is 0 Å². The lowest BCUT2D eigenvalue weighted by Crippen LogP contribution is -2.55. The number of carbonyl (C=O) groups is 5. The number of hydrogen-bond acceptors (Lipinski definition) is 6. The van der Waals surface area contributed by atoms with Crippen molar-refractivity contribution in [1.29, 1.82) is 0 Å². The summed E-state index contributed by atoms with van der Waals surface area (Å²) in [6.45, 7) is 9.06. The number of ether oxygens (including phenoxy) is 1. The summed E-state index contributed by atoms with van der Waals surface area (Å²) in [6, 6.07) is 3.27. The normalized spacial score (nSPS) is 12.7. The number of amides is 6. The third-order valence-corrected chi connectivity index (χ3v) is 5.05. The van der Waals surface area contributed by atoms with Crippen molar-refractivity contribution in [1.82, 2.24) is 16.0 Å². The number of carbonyl (C=O) groups excluding carboxylic acids is 5. The van der Waals surface area contributed by atoms with Gasteiger partial charge in [-0.3, -0.25) is 14.4 Å². The summed E-state index contributed by atoms with van der Waals surface area (Å²) in [5.74, 6) is -1.66. The molecule has 0 aliphatic rings. The molecule has 0 fully saturated rings. The second-order valence-corrected chi connectivity index (χ2v) is 9.74. The molecule has 1 rings (SSSR count). The Kier molecular flexibility index (Phi) is 11.7. The van der Waals surface area contributed by atoms with Crippen LogP contribution >= 0.6 is 0 Å². The molecule has 0 bridgehead atoms. The molecule has 1 aromatic rings. The van der Waals surface area contributed by atoms with E-state index in [1.165, 1.54) is 0 Å². The highest BCUT2D eigenvalue weighted by molar-refractivity contribution is 5.98. The number of nitrogens with one attached hydrogen (secondary N) is 4. The molecule has 0 aromatic heterocycles. The molecular formula is C24H38N6O6. The topological polar surface area (TPSA) is 195 Å². The van der Waals surface area contributed by atoms with Gasteiger partial charge in [0.1, 0.15) is 18.7 Å². The van der Waals surface area contributed by atoms with Crippen LogP contribution in [0.1, 0.15) is 53.0 Å². The largest absolute Gasteiger partial charge is 0.460 e. The highest BCUT2D eigenvalue weighted by atomic mass is 16.5. The van der Waals surface area contributed by atoms with Crippen molar-refractivity contribution in [2.75, 3.05) is 11.9 Å². The summed E-state index contributed by atoms with van der Waals surface area (Å²) in [7, 11) is 0. The first-order valence-electron chi connectivity index (χ1n) is 11.7. The van der Waals surface area contributed by atoms with Gasteiger partial charge in [0.15, 0.2) is 0 Å². The lowest BCUT2D eigenvalue weighted by atomic mass is 9.97. The fraction of sp³-hybridized carbons (Fsp3) is 0.542. The molecule has 0 saturated carbocycles. The van der Waals surface area contributed by atoms with Crippen molar-refractivity contribution in [3.05, 3.63) is 29.8 Å². The van der Waals surface area contributed by atoms with E-state index >= 15 is 0 Å². The predicted molar refractivity (Wildman–Crippen MR) is 134 cm³/mol. The van der Waals surface area contributed by atoms with Crippen LogP contribution in [0.3, 0.4) is 0 Å². The quantitative estimate of drug-likeness (QED) is 0.183. The molecule has 36 heavy (non-hydrogen) atoms. The highest BCUT2D eigenvalue weighted by Crippen LogP contribution is 2.17. The number of primary amides is 2. The maximum Gasteiger partial charge on any atom is 0.312 e. The minimum Gasteiger partial charge on any atom is -0.460 e. The molecule has 2 unspecified atom stereocenters. The molecule has 8 N–H and O–H groups in total. The van der Waals surface area contributed by atoms with E-state index in [2.05, 4.69) is 21.3 Å². The summed E-state index contributed by atoms with van der Waals surface area (Å²) < 4.78 is 5.28. The molecule has 12 nitrogen and oxygen atoms in total. The van der Waals surface area contributed by atoms with E-state index < -0.39 is 41.4 Å². The Morgan fingerprint density at radius 2 is 1.53 bits per heavy atom. The van der Waals surface area contributed by atoms with E-state index in [9.17, 15) is 24.0 Å². The van der Waals surface area contributed by atoms with Crippen LogP contribution in [0, 0.1) is 11.3 Å². The Hall–Kier alpha value is -3.83. The number of esters is 1. The zero-order valence-corrected chi connectivity index (χ0v) is 21.5. The number of anilines is 1. The monoisotopic (exact) mass is 506 g/mol. The summed E-state index contributed by atoms with van der Waals surface area (Å²) in [4.78, 5) is 59.9. The third kappa shape index (κ3) is 11.1. The van der Waals surface area contributed by atoms with Crippen molar-refractivity contribution >= 4 is 35.5 Å². The van der Waals surface area contributed by atoms with Crippen LogP contribution in [0.5, 0.6) is 0 Å². The van der Waals surface area contributed by atoms with Crippen molar-refractivity contribution in [3.8, 4) is 0 Å². The van der Waals surface area contributed by atoms with Crippen LogP contribution in [0.4, 0.5) is 15.3 Å². The molecule has 0 heterocycles. The van der Waals surface area contributed by atoms with Crippen molar-refractivity contribution in [2.24, 2.45) is 22.8 Å². The Labute approximate surface area is 211 Å². The number of hydrogen-bond donors (Lipinski definition) is 6. The standard InChI is InChI=1S/C24H38N6O6/c1-14(2)18(30-23(26)35)20(32)29-17(7-6-12-27-22(25)34)19(31)28-16-10-8-15(9-11-16)13-36-21(33)24(3,4)5/h8-11,14,17-18H,6-7,12-13H2,1-5H3,(H,28,31)(H,29,32)(H3,25,27,34)(H3,26,30,35). The summed E-state index contributed by atoms with van der Waals surface area (Å²) in [5, 5.41) is 10.2. The highest BCUT2D eigenvalue weighted by Gasteiger charge is 2.28. The fourth-order valence-electron chi connectivity index (χ4n) is 3.02. The van der Waals surface area contributed by atoms with Crippen LogP contribution in [0.15, 0.2) is 24.3 Å². The van der Waals surface area contributed by atoms with Gasteiger partial charge >= 0.3 is 18.0 Å². The number of nitrogens with two attached hydrogens (primary N) is 2. The van der Waals surface area contributed by atoms with Crippen LogP contribution < -0.4 is 32.7 Å². The van der Waals surface area contributed by atoms with Crippen LogP contribution in [-0.2, 0) is 25.7 Å². The molecule has 2 atom stereocenters. The van der Waals surface area contributed by atoms with Gasteiger partial charge in [-0.25, -0.2) is 9.59 Å². The van der Waals surface area contributed by atoms with Gasteiger partial charge < -0.3 is 37.5 Å². The van der Waals surface area contributed by atoms with E-state index in [0.717, 1.165) is 5.56 Å². The summed E-state index contributed by atoms with van der Waals surface area (Å²) in [6.07, 6.45) is 0.551. The zero-order chi connectivity index (χ0) is 27.5. The zero-order valence-electron chi connectivity index (χ0n) is 21.5. The second-order valence-electron chi connectivity index (χ2n) is 9.74. The molecule has 0 saturated heterocycles. The SMILES string of the molecule is CC(C)C(NC(N)=O)C(=O)NC(CCCNC(N)=O)C(=O)Nc1ccc(COC(=O)C(C)(C)C)cc1. The molecule has 6 amide bonds. The average Bonchev–Trinajstić information content (AvgIpc) is 2.77. The van der Waals surface area contributed by atoms with E-state index in [0.29, 0.717) is 12.1 Å². The fourth-order valence-corrected chi connectivity index (χ4v) is 3.02. The van der Waals surface area contributed by atoms with Crippen molar-refractivity contribution in [3.63, 3.8) is 0 Å². The second kappa shape index (κ2) is 13.9. The predicted octanol–water partition coefficient (Wildman–Crippen LogP) is 1.34. The molecule has 0 aliphatic carbocycles. The van der Waals surface area contributed by atoms with Gasteiger partial charge in [-0.1, -0.05) is 26.0 Å². The average molecular weight is 507 g/mol. The first kappa shape index (κ1) is 30.2. The van der Waals surface area contributed by atoms with Crippen LogP contribution in [-0.4, -0.2) is 48.5 Å². The van der Waals surface area contributed by atoms with E-state index in [4.69, 9.17) is 16.2 Å². The summed E-state index contributed by atoms with van der Waals surface area (Å²) in [5.41, 5.74) is 10.8. The van der Waals surface area contributed by atoms with Crippen molar-refractivity contribution < 1.29 is 28.7 Å². The van der Waals surface area contributed by atoms with E-state index in [-0.39, 0.29) is 31.5 Å². The van der Waals surface area contributed by atoms with Crippen LogP contribution in [0.25, 0.3) is 0 Å². The minimum absolute atomic E-state index is 0.0966. The van der Waals surface area contributed by atoms with Gasteiger partial charge in [0.2, 0.25) is 11.8 Å². The first-order valence-corrected chi connectivity index (χ1v) is 11.7. The molecule has 1 aromatic carbocycles. The Morgan fingerprint density at radius 1 is 0.917 bits per heavy atom. The molecule has 0 spiro atoms. The Bertz CT molecular complexity index is 926. The van der Waals surface area contributed by atoms with Crippen molar-refractivity contribution in [2.45, 2.75) is 66.2 Å². The number of urea groups is 2. The van der Waals surface area contributed by atoms with Gasteiger partial charge in [0, 0.05) is 12.2 Å². The van der Waals surface area contributed by atoms with Gasteiger partial charge in [-0.2, -0.15) is 0 Å². The smallest absolute Gasteiger partial charge is 0.312 e. The maximum absolute atomic E-state index is 13.0. The number of benzene rings is 1. The molecule has 0 radical (unpaired) electrons.